The third-order valence-corrected chi connectivity index (χ3v) is 3.76. The lowest BCUT2D eigenvalue weighted by Gasteiger charge is -2.16. The summed E-state index contributed by atoms with van der Waals surface area (Å²) in [5.41, 5.74) is 2.18. The molecular formula is C13H19N3O3. The van der Waals surface area contributed by atoms with E-state index >= 15 is 0 Å². The first kappa shape index (κ1) is 13.9. The fourth-order valence-electron chi connectivity index (χ4n) is 2.62. The molecule has 1 aliphatic rings. The summed E-state index contributed by atoms with van der Waals surface area (Å²) in [4.78, 5) is 17.2. The second kappa shape index (κ2) is 5.63. The fraction of sp³-hybridized carbons (Fsp3) is 0.615. The number of likely N-dealkylation sites (tertiary alicyclic amines) is 1. The van der Waals surface area contributed by atoms with E-state index in [1.807, 2.05) is 0 Å². The van der Waals surface area contributed by atoms with E-state index in [0.29, 0.717) is 23.6 Å². The third-order valence-electron chi connectivity index (χ3n) is 3.76. The number of rotatable bonds is 4. The number of nitrogens with zero attached hydrogens (tertiary/aromatic N) is 3. The van der Waals surface area contributed by atoms with Gasteiger partial charge >= 0.3 is 0 Å². The van der Waals surface area contributed by atoms with Crippen molar-refractivity contribution in [3.8, 4) is 0 Å². The van der Waals surface area contributed by atoms with E-state index < -0.39 is 0 Å². The largest absolute Gasteiger partial charge is 0.396 e. The molecule has 1 aliphatic heterocycles. The highest BCUT2D eigenvalue weighted by Gasteiger charge is 2.24. The van der Waals surface area contributed by atoms with Gasteiger partial charge in [-0.2, -0.15) is 0 Å². The van der Waals surface area contributed by atoms with Crippen molar-refractivity contribution < 1.29 is 10.0 Å². The predicted octanol–water partition coefficient (Wildman–Crippen LogP) is 1.42. The number of nitro groups is 1. The van der Waals surface area contributed by atoms with E-state index in [4.69, 9.17) is 5.11 Å². The molecule has 0 radical (unpaired) electrons. The molecule has 0 aliphatic carbocycles. The maximum atomic E-state index is 11.1. The third kappa shape index (κ3) is 2.90. The van der Waals surface area contributed by atoms with Crippen molar-refractivity contribution in [1.29, 1.82) is 0 Å². The van der Waals surface area contributed by atoms with Gasteiger partial charge in [0, 0.05) is 37.0 Å². The van der Waals surface area contributed by atoms with Crippen LogP contribution in [0.15, 0.2) is 6.20 Å². The highest BCUT2D eigenvalue weighted by Crippen LogP contribution is 2.26. The van der Waals surface area contributed by atoms with Crippen molar-refractivity contribution >= 4 is 5.69 Å². The molecule has 104 valence electrons. The second-order valence-corrected chi connectivity index (χ2v) is 5.19. The van der Waals surface area contributed by atoms with Crippen LogP contribution < -0.4 is 0 Å². The van der Waals surface area contributed by atoms with Crippen LogP contribution in [0.4, 0.5) is 5.69 Å². The van der Waals surface area contributed by atoms with Gasteiger partial charge in [0.15, 0.2) is 0 Å². The van der Waals surface area contributed by atoms with E-state index in [1.165, 1.54) is 0 Å². The topological polar surface area (TPSA) is 79.5 Å². The van der Waals surface area contributed by atoms with Crippen molar-refractivity contribution in [2.75, 3.05) is 19.7 Å². The van der Waals surface area contributed by atoms with Crippen LogP contribution in [0.3, 0.4) is 0 Å². The molecule has 2 heterocycles. The average molecular weight is 265 g/mol. The number of aliphatic hydroxyl groups is 1. The lowest BCUT2D eigenvalue weighted by molar-refractivity contribution is -0.386. The predicted molar refractivity (Wildman–Crippen MR) is 70.8 cm³/mol. The molecule has 6 heteroatoms. The van der Waals surface area contributed by atoms with Gasteiger partial charge in [0.05, 0.1) is 10.6 Å². The SMILES string of the molecule is Cc1cnc(CN2CCC(CO)C2)c(C)c1[N+](=O)[O-]. The van der Waals surface area contributed by atoms with Gasteiger partial charge < -0.3 is 5.11 Å². The van der Waals surface area contributed by atoms with E-state index in [1.54, 1.807) is 20.0 Å². The highest BCUT2D eigenvalue weighted by molar-refractivity contribution is 5.47. The minimum atomic E-state index is -0.337. The summed E-state index contributed by atoms with van der Waals surface area (Å²) in [5.74, 6) is 0.320. The van der Waals surface area contributed by atoms with E-state index in [2.05, 4.69) is 9.88 Å². The van der Waals surface area contributed by atoms with Gasteiger partial charge in [-0.05, 0) is 32.7 Å². The monoisotopic (exact) mass is 265 g/mol. The van der Waals surface area contributed by atoms with Crippen LogP contribution in [0.1, 0.15) is 23.2 Å². The Morgan fingerprint density at radius 3 is 2.89 bits per heavy atom. The molecule has 1 saturated heterocycles. The van der Waals surface area contributed by atoms with Crippen molar-refractivity contribution in [2.24, 2.45) is 5.92 Å². The first-order valence-corrected chi connectivity index (χ1v) is 6.45. The molecule has 19 heavy (non-hydrogen) atoms. The summed E-state index contributed by atoms with van der Waals surface area (Å²) >= 11 is 0. The van der Waals surface area contributed by atoms with Crippen LogP contribution in [0.2, 0.25) is 0 Å². The van der Waals surface area contributed by atoms with Crippen molar-refractivity contribution in [1.82, 2.24) is 9.88 Å². The van der Waals surface area contributed by atoms with Gasteiger partial charge in [0.1, 0.15) is 0 Å². The maximum absolute atomic E-state index is 11.1. The molecule has 0 aromatic carbocycles. The van der Waals surface area contributed by atoms with Crippen molar-refractivity contribution in [2.45, 2.75) is 26.8 Å². The maximum Gasteiger partial charge on any atom is 0.278 e. The Balaban J connectivity index is 2.18. The summed E-state index contributed by atoms with van der Waals surface area (Å²) in [6, 6.07) is 0. The Kier molecular flexibility index (Phi) is 4.11. The molecule has 6 nitrogen and oxygen atoms in total. The van der Waals surface area contributed by atoms with Gasteiger partial charge in [0.25, 0.3) is 5.69 Å². The first-order chi connectivity index (χ1) is 9.02. The van der Waals surface area contributed by atoms with Gasteiger partial charge in [0.2, 0.25) is 0 Å². The lowest BCUT2D eigenvalue weighted by Crippen LogP contribution is -2.22. The fourth-order valence-corrected chi connectivity index (χ4v) is 2.62. The van der Waals surface area contributed by atoms with Crippen molar-refractivity contribution in [3.05, 3.63) is 33.1 Å². The van der Waals surface area contributed by atoms with Crippen LogP contribution in [-0.4, -0.2) is 39.6 Å². The number of aliphatic hydroxyl groups excluding tert-OH is 1. The zero-order valence-electron chi connectivity index (χ0n) is 11.3. The van der Waals surface area contributed by atoms with Gasteiger partial charge in [-0.1, -0.05) is 0 Å². The number of hydrogen-bond donors (Lipinski definition) is 1. The number of aryl methyl sites for hydroxylation is 1. The van der Waals surface area contributed by atoms with Crippen LogP contribution in [0.5, 0.6) is 0 Å². The zero-order chi connectivity index (χ0) is 14.0. The Bertz CT molecular complexity index is 490. The minimum Gasteiger partial charge on any atom is -0.396 e. The smallest absolute Gasteiger partial charge is 0.278 e. The summed E-state index contributed by atoms with van der Waals surface area (Å²) < 4.78 is 0. The molecule has 1 unspecified atom stereocenters. The van der Waals surface area contributed by atoms with Crippen LogP contribution >= 0.6 is 0 Å². The number of hydrogen-bond acceptors (Lipinski definition) is 5. The Labute approximate surface area is 112 Å². The Morgan fingerprint density at radius 1 is 1.58 bits per heavy atom. The van der Waals surface area contributed by atoms with E-state index in [-0.39, 0.29) is 17.2 Å². The lowest BCUT2D eigenvalue weighted by atomic mass is 10.1. The van der Waals surface area contributed by atoms with Gasteiger partial charge in [-0.3, -0.25) is 20.0 Å². The molecule has 1 atom stereocenters. The Hall–Kier alpha value is -1.53. The van der Waals surface area contributed by atoms with Crippen LogP contribution in [0.25, 0.3) is 0 Å². The normalized spacial score (nSPS) is 19.8. The highest BCUT2D eigenvalue weighted by atomic mass is 16.6. The summed E-state index contributed by atoms with van der Waals surface area (Å²) in [5, 5.41) is 20.2. The van der Waals surface area contributed by atoms with Gasteiger partial charge in [-0.25, -0.2) is 0 Å². The van der Waals surface area contributed by atoms with Crippen LogP contribution in [0, 0.1) is 29.9 Å². The number of aromatic nitrogens is 1. The summed E-state index contributed by atoms with van der Waals surface area (Å²) in [6.45, 7) is 6.03. The molecule has 1 fully saturated rings. The molecule has 2 rings (SSSR count). The molecule has 0 spiro atoms. The minimum absolute atomic E-state index is 0.169. The molecule has 1 N–H and O–H groups in total. The zero-order valence-corrected chi connectivity index (χ0v) is 11.3. The molecule has 1 aromatic heterocycles. The number of pyridine rings is 1. The average Bonchev–Trinajstić information content (AvgIpc) is 2.80. The molecular weight excluding hydrogens is 246 g/mol. The van der Waals surface area contributed by atoms with Gasteiger partial charge in [-0.15, -0.1) is 0 Å². The van der Waals surface area contributed by atoms with E-state index in [9.17, 15) is 10.1 Å². The second-order valence-electron chi connectivity index (χ2n) is 5.19. The van der Waals surface area contributed by atoms with Crippen LogP contribution in [-0.2, 0) is 6.54 Å². The standard InChI is InChI=1S/C13H19N3O3/c1-9-5-14-12(10(2)13(9)16(18)19)7-15-4-3-11(6-15)8-17/h5,11,17H,3-4,6-8H2,1-2H3. The van der Waals surface area contributed by atoms with E-state index in [0.717, 1.165) is 25.2 Å². The molecule has 0 saturated carbocycles. The summed E-state index contributed by atoms with van der Waals surface area (Å²) in [7, 11) is 0. The summed E-state index contributed by atoms with van der Waals surface area (Å²) in [6.07, 6.45) is 2.55. The first-order valence-electron chi connectivity index (χ1n) is 6.45. The molecule has 1 aromatic rings. The molecule has 0 amide bonds. The Morgan fingerprint density at radius 2 is 2.32 bits per heavy atom. The molecule has 0 bridgehead atoms. The quantitative estimate of drug-likeness (QED) is 0.658. The van der Waals surface area contributed by atoms with Crippen molar-refractivity contribution in [3.63, 3.8) is 0 Å².